The lowest BCUT2D eigenvalue weighted by atomic mass is 10.0. The van der Waals surface area contributed by atoms with Gasteiger partial charge in [0, 0.05) is 34.6 Å². The third-order valence-corrected chi connectivity index (χ3v) is 4.78. The van der Waals surface area contributed by atoms with E-state index in [1.54, 1.807) is 0 Å². The second-order valence-electron chi connectivity index (χ2n) is 6.94. The molecule has 0 saturated heterocycles. The van der Waals surface area contributed by atoms with E-state index in [2.05, 4.69) is 0 Å². The summed E-state index contributed by atoms with van der Waals surface area (Å²) in [6.45, 7) is 0.763. The molecule has 0 bridgehead atoms. The van der Waals surface area contributed by atoms with Gasteiger partial charge in [-0.25, -0.2) is 0 Å². The molecular weight excluding hydrogens is 372 g/mol. The van der Waals surface area contributed by atoms with Gasteiger partial charge in [0.05, 0.1) is 0 Å². The van der Waals surface area contributed by atoms with Crippen molar-refractivity contribution in [2.75, 3.05) is 24.7 Å². The highest BCUT2D eigenvalue weighted by atomic mass is 16.5. The van der Waals surface area contributed by atoms with Crippen LogP contribution in [-0.2, 0) is 0 Å². The smallest absolute Gasteiger partial charge is 0.129 e. The van der Waals surface area contributed by atoms with E-state index in [9.17, 15) is 0 Å². The largest absolute Gasteiger partial charge is 0.489 e. The molecule has 0 aromatic heterocycles. The first-order chi connectivity index (χ1) is 14.7. The van der Waals surface area contributed by atoms with Crippen molar-refractivity contribution in [1.29, 1.82) is 0 Å². The molecule has 0 radical (unpaired) electrons. The maximum atomic E-state index is 6.03. The van der Waals surface area contributed by atoms with Crippen LogP contribution >= 0.6 is 0 Å². The van der Waals surface area contributed by atoms with Crippen molar-refractivity contribution >= 4 is 11.4 Å². The Morgan fingerprint density at radius 2 is 0.900 bits per heavy atom. The van der Waals surface area contributed by atoms with E-state index in [4.69, 9.17) is 20.9 Å². The quantitative estimate of drug-likeness (QED) is 0.313. The fourth-order valence-corrected chi connectivity index (χ4v) is 3.33. The number of benzene rings is 4. The Balaban J connectivity index is 1.47. The van der Waals surface area contributed by atoms with E-state index in [-0.39, 0.29) is 0 Å². The van der Waals surface area contributed by atoms with Crippen LogP contribution in [0.3, 0.4) is 0 Å². The lowest BCUT2D eigenvalue weighted by molar-refractivity contribution is 0.218. The Kier molecular flexibility index (Phi) is 5.85. The van der Waals surface area contributed by atoms with E-state index in [1.807, 2.05) is 97.1 Å². The lowest BCUT2D eigenvalue weighted by Crippen LogP contribution is -2.10. The number of hydrogen-bond acceptors (Lipinski definition) is 4. The number of hydrogen-bond donors (Lipinski definition) is 2. The third-order valence-electron chi connectivity index (χ3n) is 4.78. The molecule has 0 unspecified atom stereocenters. The summed E-state index contributed by atoms with van der Waals surface area (Å²) in [6.07, 6.45) is 0. The second kappa shape index (κ2) is 9.05. The molecule has 4 aromatic rings. The Morgan fingerprint density at radius 1 is 0.500 bits per heavy atom. The monoisotopic (exact) mass is 396 g/mol. The number of rotatable bonds is 7. The van der Waals surface area contributed by atoms with Gasteiger partial charge in [-0.3, -0.25) is 0 Å². The summed E-state index contributed by atoms with van der Waals surface area (Å²) in [6, 6.07) is 31.6. The van der Waals surface area contributed by atoms with Crippen LogP contribution in [0.2, 0.25) is 0 Å². The number of nitrogen functional groups attached to an aromatic ring is 2. The van der Waals surface area contributed by atoms with Crippen LogP contribution in [0.15, 0.2) is 97.1 Å². The van der Waals surface area contributed by atoms with Crippen molar-refractivity contribution in [3.05, 3.63) is 97.1 Å². The van der Waals surface area contributed by atoms with E-state index in [0.29, 0.717) is 24.6 Å². The van der Waals surface area contributed by atoms with Crippen molar-refractivity contribution in [2.24, 2.45) is 0 Å². The zero-order valence-corrected chi connectivity index (χ0v) is 16.6. The van der Waals surface area contributed by atoms with Gasteiger partial charge >= 0.3 is 0 Å². The van der Waals surface area contributed by atoms with Crippen LogP contribution in [-0.4, -0.2) is 13.2 Å². The van der Waals surface area contributed by atoms with Crippen molar-refractivity contribution in [3.8, 4) is 33.8 Å². The van der Waals surface area contributed by atoms with E-state index >= 15 is 0 Å². The summed E-state index contributed by atoms with van der Waals surface area (Å²) < 4.78 is 12.1. The van der Waals surface area contributed by atoms with Crippen LogP contribution in [0.5, 0.6) is 11.5 Å². The fourth-order valence-electron chi connectivity index (χ4n) is 3.33. The molecule has 150 valence electrons. The Labute approximate surface area is 176 Å². The van der Waals surface area contributed by atoms with Gasteiger partial charge in [-0.05, 0) is 35.4 Å². The lowest BCUT2D eigenvalue weighted by Gasteiger charge is -2.15. The van der Waals surface area contributed by atoms with E-state index in [0.717, 1.165) is 33.8 Å². The summed E-state index contributed by atoms with van der Waals surface area (Å²) in [4.78, 5) is 0. The minimum atomic E-state index is 0.381. The van der Waals surface area contributed by atoms with Crippen molar-refractivity contribution in [2.45, 2.75) is 0 Å². The predicted octanol–water partition coefficient (Wildman–Crippen LogP) is 5.64. The van der Waals surface area contributed by atoms with Crippen LogP contribution in [0.4, 0.5) is 11.4 Å². The van der Waals surface area contributed by atoms with Crippen LogP contribution in [0.25, 0.3) is 22.3 Å². The molecule has 4 heteroatoms. The van der Waals surface area contributed by atoms with E-state index in [1.165, 1.54) is 0 Å². The summed E-state index contributed by atoms with van der Waals surface area (Å²) >= 11 is 0. The molecule has 4 nitrogen and oxygen atoms in total. The minimum absolute atomic E-state index is 0.381. The first kappa shape index (κ1) is 19.4. The van der Waals surface area contributed by atoms with Gasteiger partial charge in [0.1, 0.15) is 24.7 Å². The molecule has 0 saturated carbocycles. The fraction of sp³-hybridized carbons (Fsp3) is 0.0769. The molecule has 0 amide bonds. The average molecular weight is 396 g/mol. The maximum Gasteiger partial charge on any atom is 0.129 e. The predicted molar refractivity (Wildman–Crippen MR) is 124 cm³/mol. The molecule has 4 rings (SSSR count). The summed E-state index contributed by atoms with van der Waals surface area (Å²) in [5.41, 5.74) is 17.4. The molecule has 4 N–H and O–H groups in total. The highest BCUT2D eigenvalue weighted by molar-refractivity contribution is 5.74. The van der Waals surface area contributed by atoms with Gasteiger partial charge in [0.15, 0.2) is 0 Å². The molecule has 30 heavy (non-hydrogen) atoms. The maximum absolute atomic E-state index is 6.03. The van der Waals surface area contributed by atoms with Crippen molar-refractivity contribution in [1.82, 2.24) is 0 Å². The molecular formula is C26H24N2O2. The molecule has 0 aliphatic heterocycles. The van der Waals surface area contributed by atoms with Crippen molar-refractivity contribution in [3.63, 3.8) is 0 Å². The topological polar surface area (TPSA) is 70.5 Å². The molecule has 0 heterocycles. The Bertz CT molecular complexity index is 1020. The third kappa shape index (κ3) is 4.55. The summed E-state index contributed by atoms with van der Waals surface area (Å²) in [5, 5.41) is 0. The van der Waals surface area contributed by atoms with Crippen molar-refractivity contribution < 1.29 is 9.47 Å². The highest BCUT2D eigenvalue weighted by Gasteiger charge is 2.09. The standard InChI is InChI=1S/C26H24N2O2/c27-21-11-13-23(19-7-3-1-4-8-19)25(17-21)29-15-16-30-26-18-22(28)12-14-24(26)20-9-5-2-6-10-20/h1-14,17-18H,15-16,27-28H2. The van der Waals surface area contributed by atoms with Crippen LogP contribution < -0.4 is 20.9 Å². The molecule has 0 aliphatic carbocycles. The molecule has 0 atom stereocenters. The number of nitrogens with two attached hydrogens (primary N) is 2. The Hall–Kier alpha value is -3.92. The van der Waals surface area contributed by atoms with Gasteiger partial charge in [-0.1, -0.05) is 60.7 Å². The van der Waals surface area contributed by atoms with Gasteiger partial charge in [0.2, 0.25) is 0 Å². The zero-order valence-electron chi connectivity index (χ0n) is 16.6. The number of anilines is 2. The normalized spacial score (nSPS) is 10.5. The molecule has 4 aromatic carbocycles. The first-order valence-corrected chi connectivity index (χ1v) is 9.86. The first-order valence-electron chi connectivity index (χ1n) is 9.86. The minimum Gasteiger partial charge on any atom is -0.489 e. The average Bonchev–Trinajstić information content (AvgIpc) is 2.78. The summed E-state index contributed by atoms with van der Waals surface area (Å²) in [5.74, 6) is 1.47. The SMILES string of the molecule is Nc1ccc(-c2ccccc2)c(OCCOc2cc(N)ccc2-c2ccccc2)c1. The van der Waals surface area contributed by atoms with Gasteiger partial charge in [-0.2, -0.15) is 0 Å². The van der Waals surface area contributed by atoms with Crippen LogP contribution in [0.1, 0.15) is 0 Å². The molecule has 0 aliphatic rings. The molecule has 0 spiro atoms. The zero-order chi connectivity index (χ0) is 20.8. The Morgan fingerprint density at radius 3 is 1.30 bits per heavy atom. The summed E-state index contributed by atoms with van der Waals surface area (Å²) in [7, 11) is 0. The van der Waals surface area contributed by atoms with Gasteiger partial charge in [0.25, 0.3) is 0 Å². The van der Waals surface area contributed by atoms with Gasteiger partial charge < -0.3 is 20.9 Å². The van der Waals surface area contributed by atoms with Gasteiger partial charge in [-0.15, -0.1) is 0 Å². The second-order valence-corrected chi connectivity index (χ2v) is 6.94. The number of ether oxygens (including phenoxy) is 2. The van der Waals surface area contributed by atoms with Crippen LogP contribution in [0, 0.1) is 0 Å². The van der Waals surface area contributed by atoms with E-state index < -0.39 is 0 Å². The molecule has 0 fully saturated rings. The highest BCUT2D eigenvalue weighted by Crippen LogP contribution is 2.33.